The maximum Gasteiger partial charge on any atom is 0.316 e. The molecule has 12 heteroatoms. The van der Waals surface area contributed by atoms with E-state index in [2.05, 4.69) is 10.4 Å². The number of amides is 1. The van der Waals surface area contributed by atoms with Crippen LogP contribution in [0.4, 0.5) is 11.4 Å². The molecule has 0 spiro atoms. The van der Waals surface area contributed by atoms with E-state index >= 15 is 0 Å². The van der Waals surface area contributed by atoms with E-state index in [0.29, 0.717) is 40.7 Å². The van der Waals surface area contributed by atoms with E-state index in [-0.39, 0.29) is 47.7 Å². The summed E-state index contributed by atoms with van der Waals surface area (Å²) in [5.74, 6) is 0.0821. The molecule has 6 rings (SSSR count). The lowest BCUT2D eigenvalue weighted by Gasteiger charge is -2.36. The number of carbonyl (C=O) groups excluding carboxylic acids is 1. The van der Waals surface area contributed by atoms with E-state index in [1.165, 1.54) is 15.1 Å². The lowest BCUT2D eigenvalue weighted by Crippen LogP contribution is -2.49. The molecule has 2 aromatic carbocycles. The molecule has 3 heterocycles. The van der Waals surface area contributed by atoms with E-state index in [9.17, 15) is 18.0 Å². The van der Waals surface area contributed by atoms with Crippen molar-refractivity contribution in [2.24, 2.45) is 0 Å². The number of halogens is 1. The third kappa shape index (κ3) is 5.02. The zero-order chi connectivity index (χ0) is 27.1. The predicted molar refractivity (Wildman–Crippen MR) is 147 cm³/mol. The molecule has 1 aliphatic carbocycles. The number of sulfonamides is 1. The highest BCUT2D eigenvalue weighted by Crippen LogP contribution is 2.32. The number of fused-ring (bicyclic) bond motifs is 1. The van der Waals surface area contributed by atoms with Gasteiger partial charge in [0.2, 0.25) is 21.7 Å². The summed E-state index contributed by atoms with van der Waals surface area (Å²) >= 11 is 6.15. The largest absolute Gasteiger partial charge is 0.483 e. The summed E-state index contributed by atoms with van der Waals surface area (Å²) < 4.78 is 35.8. The van der Waals surface area contributed by atoms with Crippen LogP contribution in [0.3, 0.4) is 0 Å². The second kappa shape index (κ2) is 10.3. The summed E-state index contributed by atoms with van der Waals surface area (Å²) in [7, 11) is -3.75. The van der Waals surface area contributed by atoms with Crippen molar-refractivity contribution >= 4 is 38.9 Å². The Morgan fingerprint density at radius 2 is 1.77 bits per heavy atom. The van der Waals surface area contributed by atoms with Crippen molar-refractivity contribution in [3.05, 3.63) is 69.6 Å². The van der Waals surface area contributed by atoms with Crippen molar-refractivity contribution in [3.8, 4) is 11.4 Å². The number of anilines is 2. The van der Waals surface area contributed by atoms with Crippen LogP contribution in [0.5, 0.6) is 5.75 Å². The number of hydrogen-bond donors (Lipinski definition) is 1. The molecule has 2 aliphatic heterocycles. The molecule has 1 aromatic heterocycles. The molecular formula is C27H28ClN5O5S. The van der Waals surface area contributed by atoms with E-state index in [1.54, 1.807) is 42.6 Å². The van der Waals surface area contributed by atoms with Gasteiger partial charge in [-0.3, -0.25) is 9.59 Å². The van der Waals surface area contributed by atoms with Crippen molar-refractivity contribution in [1.82, 2.24) is 14.1 Å². The van der Waals surface area contributed by atoms with E-state index in [1.807, 2.05) is 4.90 Å². The minimum atomic E-state index is -3.75. The molecule has 1 saturated carbocycles. The first kappa shape index (κ1) is 25.8. The van der Waals surface area contributed by atoms with Crippen LogP contribution in [0.25, 0.3) is 5.69 Å². The third-order valence-electron chi connectivity index (χ3n) is 7.47. The van der Waals surface area contributed by atoms with E-state index in [0.717, 1.165) is 25.7 Å². The number of nitrogens with zero attached hydrogens (tertiary/aromatic N) is 4. The van der Waals surface area contributed by atoms with Crippen molar-refractivity contribution in [2.75, 3.05) is 36.4 Å². The molecule has 3 aromatic rings. The van der Waals surface area contributed by atoms with Gasteiger partial charge in [0.05, 0.1) is 29.3 Å². The van der Waals surface area contributed by atoms with Crippen LogP contribution < -0.4 is 20.5 Å². The van der Waals surface area contributed by atoms with Crippen molar-refractivity contribution in [1.29, 1.82) is 0 Å². The Kier molecular flexibility index (Phi) is 6.82. The van der Waals surface area contributed by atoms with Gasteiger partial charge in [-0.05, 0) is 67.6 Å². The summed E-state index contributed by atoms with van der Waals surface area (Å²) in [4.78, 5) is 27.4. The fourth-order valence-electron chi connectivity index (χ4n) is 5.41. The molecule has 0 radical (unpaired) electrons. The topological polar surface area (TPSA) is 114 Å². The predicted octanol–water partition coefficient (Wildman–Crippen LogP) is 3.21. The monoisotopic (exact) mass is 569 g/mol. The van der Waals surface area contributed by atoms with Gasteiger partial charge in [-0.15, -0.1) is 0 Å². The smallest absolute Gasteiger partial charge is 0.316 e. The minimum absolute atomic E-state index is 0.0468. The summed E-state index contributed by atoms with van der Waals surface area (Å²) in [5, 5.41) is 7.63. The van der Waals surface area contributed by atoms with Gasteiger partial charge in [0.15, 0.2) is 0 Å². The molecule has 0 bridgehead atoms. The summed E-state index contributed by atoms with van der Waals surface area (Å²) in [6.07, 6.45) is 5.60. The zero-order valence-electron chi connectivity index (χ0n) is 21.2. The molecule has 2 fully saturated rings. The number of carbonyl (C=O) groups is 1. The van der Waals surface area contributed by atoms with Gasteiger partial charge in [-0.1, -0.05) is 17.7 Å². The third-order valence-corrected chi connectivity index (χ3v) is 9.60. The molecule has 0 unspecified atom stereocenters. The van der Waals surface area contributed by atoms with Crippen LogP contribution in [0, 0.1) is 0 Å². The highest BCUT2D eigenvalue weighted by atomic mass is 35.5. The molecule has 3 aliphatic rings. The first-order valence-corrected chi connectivity index (χ1v) is 14.8. The molecule has 1 N–H and O–H groups in total. The van der Waals surface area contributed by atoms with Gasteiger partial charge in [0.1, 0.15) is 5.69 Å². The number of rotatable bonds is 6. The second-order valence-corrected chi connectivity index (χ2v) is 12.4. The highest BCUT2D eigenvalue weighted by molar-refractivity contribution is 7.89. The van der Waals surface area contributed by atoms with Crippen LogP contribution in [0.15, 0.2) is 58.4 Å². The molecule has 204 valence electrons. The van der Waals surface area contributed by atoms with Crippen molar-refractivity contribution < 1.29 is 17.9 Å². The van der Waals surface area contributed by atoms with Crippen LogP contribution in [0.2, 0.25) is 5.02 Å². The Bertz CT molecular complexity index is 1590. The maximum absolute atomic E-state index is 13.6. The number of aromatic nitrogens is 2. The van der Waals surface area contributed by atoms with Crippen LogP contribution in [-0.4, -0.2) is 60.7 Å². The quantitative estimate of drug-likeness (QED) is 0.485. The van der Waals surface area contributed by atoms with Crippen molar-refractivity contribution in [2.45, 2.75) is 43.1 Å². The van der Waals surface area contributed by atoms with Gasteiger partial charge in [-0.25, -0.2) is 8.42 Å². The summed E-state index contributed by atoms with van der Waals surface area (Å²) in [6.45, 7) is 1.20. The Morgan fingerprint density at radius 1 is 1.00 bits per heavy atom. The molecular weight excluding hydrogens is 542 g/mol. The maximum atomic E-state index is 13.6. The van der Waals surface area contributed by atoms with E-state index < -0.39 is 10.0 Å². The van der Waals surface area contributed by atoms with Gasteiger partial charge in [0, 0.05) is 36.9 Å². The lowest BCUT2D eigenvalue weighted by molar-refractivity contribution is -0.115. The van der Waals surface area contributed by atoms with Crippen molar-refractivity contribution in [3.63, 3.8) is 0 Å². The Balaban J connectivity index is 1.25. The van der Waals surface area contributed by atoms with Crippen LogP contribution >= 0.6 is 11.6 Å². The Labute approximate surface area is 231 Å². The average molecular weight is 570 g/mol. The number of piperazine rings is 1. The lowest BCUT2D eigenvalue weighted by atomic mass is 10.2. The second-order valence-electron chi connectivity index (χ2n) is 10.0. The molecule has 0 atom stereocenters. The number of benzene rings is 2. The fourth-order valence-corrected chi connectivity index (χ4v) is 7.07. The van der Waals surface area contributed by atoms with E-state index in [4.69, 9.17) is 16.3 Å². The number of hydrogen-bond acceptors (Lipinski definition) is 7. The molecule has 39 heavy (non-hydrogen) atoms. The van der Waals surface area contributed by atoms with Gasteiger partial charge in [-0.2, -0.15) is 14.1 Å². The molecule has 1 saturated heterocycles. The van der Waals surface area contributed by atoms with Crippen LogP contribution in [0.1, 0.15) is 31.2 Å². The SMILES string of the molecule is O=C1Cc2cc(S(=O)(=O)N3CCN(c4cnn(-c5cccc(Cl)c5)c(=O)c4OC4CCCC4)CC3)ccc2N1. The fraction of sp³-hybridized carbons (Fsp3) is 0.370. The van der Waals surface area contributed by atoms with Gasteiger partial charge < -0.3 is 15.0 Å². The Morgan fingerprint density at radius 3 is 2.51 bits per heavy atom. The standard InChI is InChI=1S/C27H28ClN5O5S/c28-19-4-3-5-20(16-19)33-27(35)26(38-21-6-1-2-7-21)24(17-29-33)31-10-12-32(13-11-31)39(36,37)22-8-9-23-18(14-22)15-25(34)30-23/h3-5,8-9,14,16-17,21H,1-2,6-7,10-13,15H2,(H,30,34). The first-order chi connectivity index (χ1) is 18.8. The number of nitrogens with one attached hydrogen (secondary N) is 1. The molecule has 1 amide bonds. The van der Waals surface area contributed by atoms with Gasteiger partial charge >= 0.3 is 5.56 Å². The average Bonchev–Trinajstić information content (AvgIpc) is 3.58. The van der Waals surface area contributed by atoms with Gasteiger partial charge in [0.25, 0.3) is 0 Å². The highest BCUT2D eigenvalue weighted by Gasteiger charge is 2.32. The first-order valence-electron chi connectivity index (χ1n) is 13.0. The van der Waals surface area contributed by atoms with Crippen LogP contribution in [-0.2, 0) is 21.2 Å². The zero-order valence-corrected chi connectivity index (χ0v) is 22.7. The summed E-state index contributed by atoms with van der Waals surface area (Å²) in [6, 6.07) is 11.6. The Hall–Kier alpha value is -3.41. The molecule has 10 nitrogen and oxygen atoms in total. The minimum Gasteiger partial charge on any atom is -0.483 e. The summed E-state index contributed by atoms with van der Waals surface area (Å²) in [5.41, 5.74) is 2.05. The normalized spacial score (nSPS) is 18.3. The number of ether oxygens (including phenoxy) is 1.